The molecule has 3 heteroatoms. The fourth-order valence-electron chi connectivity index (χ4n) is 2.57. The van der Waals surface area contributed by atoms with E-state index in [9.17, 15) is 0 Å². The Labute approximate surface area is 117 Å². The van der Waals surface area contributed by atoms with E-state index in [1.807, 2.05) is 0 Å². The summed E-state index contributed by atoms with van der Waals surface area (Å²) in [5.41, 5.74) is 2.76. The van der Waals surface area contributed by atoms with Crippen molar-refractivity contribution < 1.29 is 0 Å². The highest BCUT2D eigenvalue weighted by Gasteiger charge is 2.17. The van der Waals surface area contributed by atoms with E-state index < -0.39 is 0 Å². The molecule has 0 saturated carbocycles. The third kappa shape index (κ3) is 4.94. The average Bonchev–Trinajstić information content (AvgIpc) is 2.42. The predicted molar refractivity (Wildman–Crippen MR) is 81.7 cm³/mol. The molecule has 0 spiro atoms. The molecule has 1 atom stereocenters. The van der Waals surface area contributed by atoms with Gasteiger partial charge in [0.25, 0.3) is 0 Å². The van der Waals surface area contributed by atoms with Crippen LogP contribution >= 0.6 is 0 Å². The van der Waals surface area contributed by atoms with Crippen molar-refractivity contribution in [2.24, 2.45) is 0 Å². The molecule has 2 N–H and O–H groups in total. The quantitative estimate of drug-likeness (QED) is 0.759. The molecule has 2 rings (SSSR count). The summed E-state index contributed by atoms with van der Waals surface area (Å²) in [6.45, 7) is 7.77. The summed E-state index contributed by atoms with van der Waals surface area (Å²) in [7, 11) is 2.23. The molecule has 106 valence electrons. The maximum absolute atomic E-state index is 3.56. The van der Waals surface area contributed by atoms with E-state index in [4.69, 9.17) is 0 Å². The molecular weight excluding hydrogens is 234 g/mol. The number of hydrogen-bond acceptors (Lipinski definition) is 3. The largest absolute Gasteiger partial charge is 0.316 e. The number of hydrogen-bond donors (Lipinski definition) is 2. The van der Waals surface area contributed by atoms with E-state index in [0.717, 1.165) is 32.6 Å². The van der Waals surface area contributed by atoms with Crippen molar-refractivity contribution in [3.8, 4) is 0 Å². The van der Waals surface area contributed by atoms with Gasteiger partial charge < -0.3 is 15.5 Å². The van der Waals surface area contributed by atoms with E-state index >= 15 is 0 Å². The Morgan fingerprint density at radius 1 is 1.26 bits per heavy atom. The van der Waals surface area contributed by atoms with Gasteiger partial charge in [0.15, 0.2) is 0 Å². The lowest BCUT2D eigenvalue weighted by Gasteiger charge is -2.33. The molecule has 1 unspecified atom stereocenters. The minimum absolute atomic E-state index is 0.695. The van der Waals surface area contributed by atoms with Gasteiger partial charge in [0, 0.05) is 25.7 Å². The number of benzene rings is 1. The summed E-state index contributed by atoms with van der Waals surface area (Å²) in [4.78, 5) is 2.47. The van der Waals surface area contributed by atoms with Crippen LogP contribution in [-0.2, 0) is 6.42 Å². The number of nitrogens with zero attached hydrogens (tertiary/aromatic N) is 1. The van der Waals surface area contributed by atoms with Crippen LogP contribution in [0.15, 0.2) is 24.3 Å². The molecular formula is C16H27N3. The van der Waals surface area contributed by atoms with Crippen LogP contribution in [0.5, 0.6) is 0 Å². The van der Waals surface area contributed by atoms with Crippen molar-refractivity contribution in [2.45, 2.75) is 25.8 Å². The van der Waals surface area contributed by atoms with Gasteiger partial charge in [0.05, 0.1) is 0 Å². The molecule has 1 aliphatic rings. The van der Waals surface area contributed by atoms with Gasteiger partial charge in [-0.25, -0.2) is 0 Å². The SMILES string of the molecule is Cc1ccc(CCNCCC2CNCCN2C)cc1. The first kappa shape index (κ1) is 14.5. The van der Waals surface area contributed by atoms with Gasteiger partial charge in [-0.15, -0.1) is 0 Å². The fraction of sp³-hybridized carbons (Fsp3) is 0.625. The molecule has 1 saturated heterocycles. The summed E-state index contributed by atoms with van der Waals surface area (Å²) in [6, 6.07) is 9.54. The molecule has 19 heavy (non-hydrogen) atoms. The van der Waals surface area contributed by atoms with E-state index in [0.29, 0.717) is 6.04 Å². The second-order valence-corrected chi connectivity index (χ2v) is 5.61. The third-order valence-electron chi connectivity index (χ3n) is 4.01. The molecule has 1 fully saturated rings. The molecule has 1 aliphatic heterocycles. The first-order chi connectivity index (χ1) is 9.25. The lowest BCUT2D eigenvalue weighted by Crippen LogP contribution is -2.50. The van der Waals surface area contributed by atoms with E-state index in [1.54, 1.807) is 0 Å². The molecule has 1 aromatic carbocycles. The Balaban J connectivity index is 1.58. The Morgan fingerprint density at radius 3 is 2.79 bits per heavy atom. The van der Waals surface area contributed by atoms with E-state index in [2.05, 4.69) is 53.8 Å². The highest BCUT2D eigenvalue weighted by atomic mass is 15.2. The van der Waals surface area contributed by atoms with Crippen molar-refractivity contribution >= 4 is 0 Å². The molecule has 0 bridgehead atoms. The van der Waals surface area contributed by atoms with Crippen LogP contribution in [0.4, 0.5) is 0 Å². The molecule has 1 heterocycles. The molecule has 1 aromatic rings. The first-order valence-electron chi connectivity index (χ1n) is 7.43. The second-order valence-electron chi connectivity index (χ2n) is 5.61. The number of aryl methyl sites for hydroxylation is 1. The maximum Gasteiger partial charge on any atom is 0.0230 e. The van der Waals surface area contributed by atoms with Crippen LogP contribution in [-0.4, -0.2) is 50.7 Å². The first-order valence-corrected chi connectivity index (χ1v) is 7.43. The topological polar surface area (TPSA) is 27.3 Å². The van der Waals surface area contributed by atoms with E-state index in [1.165, 1.54) is 24.1 Å². The average molecular weight is 261 g/mol. The van der Waals surface area contributed by atoms with Gasteiger partial charge in [0.1, 0.15) is 0 Å². The minimum atomic E-state index is 0.695. The van der Waals surface area contributed by atoms with Gasteiger partial charge in [-0.05, 0) is 45.5 Å². The lowest BCUT2D eigenvalue weighted by atomic mass is 10.1. The van der Waals surface area contributed by atoms with Gasteiger partial charge in [-0.2, -0.15) is 0 Å². The van der Waals surface area contributed by atoms with Gasteiger partial charge in [0.2, 0.25) is 0 Å². The van der Waals surface area contributed by atoms with E-state index in [-0.39, 0.29) is 0 Å². The van der Waals surface area contributed by atoms with Crippen LogP contribution in [0, 0.1) is 6.92 Å². The van der Waals surface area contributed by atoms with Crippen molar-refractivity contribution in [2.75, 3.05) is 39.8 Å². The summed E-state index contributed by atoms with van der Waals surface area (Å²) in [5.74, 6) is 0. The highest BCUT2D eigenvalue weighted by molar-refractivity contribution is 5.21. The summed E-state index contributed by atoms with van der Waals surface area (Å²) < 4.78 is 0. The van der Waals surface area contributed by atoms with Crippen molar-refractivity contribution in [3.05, 3.63) is 35.4 Å². The lowest BCUT2D eigenvalue weighted by molar-refractivity contribution is 0.190. The number of likely N-dealkylation sites (N-methyl/N-ethyl adjacent to an activating group) is 1. The van der Waals surface area contributed by atoms with Gasteiger partial charge >= 0.3 is 0 Å². The normalized spacial score (nSPS) is 20.6. The van der Waals surface area contributed by atoms with Crippen molar-refractivity contribution in [1.82, 2.24) is 15.5 Å². The summed E-state index contributed by atoms with van der Waals surface area (Å²) in [6.07, 6.45) is 2.36. The number of nitrogens with one attached hydrogen (secondary N) is 2. The molecule has 0 aromatic heterocycles. The monoisotopic (exact) mass is 261 g/mol. The van der Waals surface area contributed by atoms with Crippen LogP contribution in [0.1, 0.15) is 17.5 Å². The zero-order valence-corrected chi connectivity index (χ0v) is 12.3. The molecule has 3 nitrogen and oxygen atoms in total. The number of rotatable bonds is 6. The van der Waals surface area contributed by atoms with Gasteiger partial charge in [-0.3, -0.25) is 0 Å². The predicted octanol–water partition coefficient (Wildman–Crippen LogP) is 1.42. The Hall–Kier alpha value is -0.900. The highest BCUT2D eigenvalue weighted by Crippen LogP contribution is 2.04. The zero-order chi connectivity index (χ0) is 13.5. The van der Waals surface area contributed by atoms with Crippen molar-refractivity contribution in [1.29, 1.82) is 0 Å². The van der Waals surface area contributed by atoms with Gasteiger partial charge in [-0.1, -0.05) is 29.8 Å². The number of piperazine rings is 1. The maximum atomic E-state index is 3.56. The standard InChI is InChI=1S/C16H27N3/c1-14-3-5-15(6-4-14)7-9-17-10-8-16-13-18-11-12-19(16)2/h3-6,16-18H,7-13H2,1-2H3. The second kappa shape index (κ2) is 7.63. The fourth-order valence-corrected chi connectivity index (χ4v) is 2.57. The Morgan fingerprint density at radius 2 is 2.05 bits per heavy atom. The third-order valence-corrected chi connectivity index (χ3v) is 4.01. The zero-order valence-electron chi connectivity index (χ0n) is 12.3. The minimum Gasteiger partial charge on any atom is -0.316 e. The van der Waals surface area contributed by atoms with Crippen LogP contribution in [0.2, 0.25) is 0 Å². The summed E-state index contributed by atoms with van der Waals surface area (Å²) >= 11 is 0. The van der Waals surface area contributed by atoms with Crippen LogP contribution < -0.4 is 10.6 Å². The van der Waals surface area contributed by atoms with Crippen molar-refractivity contribution in [3.63, 3.8) is 0 Å². The smallest absolute Gasteiger partial charge is 0.0230 e. The van der Waals surface area contributed by atoms with Crippen LogP contribution in [0.3, 0.4) is 0 Å². The van der Waals surface area contributed by atoms with Crippen LogP contribution in [0.25, 0.3) is 0 Å². The Bertz CT molecular complexity index is 361. The summed E-state index contributed by atoms with van der Waals surface area (Å²) in [5, 5.41) is 7.03. The molecule has 0 amide bonds. The molecule has 0 radical (unpaired) electrons. The molecule has 0 aliphatic carbocycles. The Kier molecular flexibility index (Phi) is 5.83.